The van der Waals surface area contributed by atoms with Gasteiger partial charge in [-0.15, -0.1) is 0 Å². The van der Waals surface area contributed by atoms with E-state index in [9.17, 15) is 0 Å². The Bertz CT molecular complexity index is 408. The van der Waals surface area contributed by atoms with Gasteiger partial charge in [0.1, 0.15) is 0 Å². The molecule has 2 rings (SSSR count). The van der Waals surface area contributed by atoms with Crippen LogP contribution in [-0.4, -0.2) is 5.54 Å². The Morgan fingerprint density at radius 3 is 2.64 bits per heavy atom. The summed E-state index contributed by atoms with van der Waals surface area (Å²) in [5, 5.41) is 4.84. The standard InChI is InChI=1S/C11H11Cl2N/c1-11(2)6-9(13)8-5-7(12)3-4-10(8)14-11/h3-6,14H,1-2H3. The molecule has 0 fully saturated rings. The summed E-state index contributed by atoms with van der Waals surface area (Å²) in [7, 11) is 0. The van der Waals surface area contributed by atoms with Crippen molar-refractivity contribution in [2.45, 2.75) is 19.4 Å². The van der Waals surface area contributed by atoms with E-state index in [4.69, 9.17) is 23.2 Å². The number of halogens is 2. The van der Waals surface area contributed by atoms with Crippen LogP contribution in [0.4, 0.5) is 5.69 Å². The molecule has 0 spiro atoms. The topological polar surface area (TPSA) is 12.0 Å². The number of anilines is 1. The van der Waals surface area contributed by atoms with E-state index in [-0.39, 0.29) is 5.54 Å². The maximum atomic E-state index is 6.17. The molecule has 0 bridgehead atoms. The SMILES string of the molecule is CC1(C)C=C(Cl)c2cc(Cl)ccc2N1. The first-order valence-corrected chi connectivity index (χ1v) is 5.20. The average Bonchev–Trinajstić information content (AvgIpc) is 2.05. The summed E-state index contributed by atoms with van der Waals surface area (Å²) in [4.78, 5) is 0. The first-order chi connectivity index (χ1) is 6.48. The molecule has 0 amide bonds. The minimum absolute atomic E-state index is 0.0993. The van der Waals surface area contributed by atoms with Gasteiger partial charge >= 0.3 is 0 Å². The molecule has 1 aromatic carbocycles. The molecule has 74 valence electrons. The summed E-state index contributed by atoms with van der Waals surface area (Å²) in [5.41, 5.74) is 1.91. The van der Waals surface area contributed by atoms with Crippen molar-refractivity contribution >= 4 is 33.9 Å². The summed E-state index contributed by atoms with van der Waals surface area (Å²) < 4.78 is 0. The van der Waals surface area contributed by atoms with Crippen molar-refractivity contribution in [3.8, 4) is 0 Å². The predicted octanol–water partition coefficient (Wildman–Crippen LogP) is 4.12. The van der Waals surface area contributed by atoms with Crippen molar-refractivity contribution in [2.24, 2.45) is 0 Å². The van der Waals surface area contributed by atoms with E-state index in [2.05, 4.69) is 19.2 Å². The molecule has 0 saturated heterocycles. The van der Waals surface area contributed by atoms with Crippen LogP contribution in [0.5, 0.6) is 0 Å². The van der Waals surface area contributed by atoms with Gasteiger partial charge in [0.2, 0.25) is 0 Å². The highest BCUT2D eigenvalue weighted by Crippen LogP contribution is 2.37. The van der Waals surface area contributed by atoms with Crippen LogP contribution in [0, 0.1) is 0 Å². The van der Waals surface area contributed by atoms with Crippen molar-refractivity contribution in [3.63, 3.8) is 0 Å². The van der Waals surface area contributed by atoms with Gasteiger partial charge in [-0.2, -0.15) is 0 Å². The lowest BCUT2D eigenvalue weighted by Gasteiger charge is -2.30. The number of nitrogens with one attached hydrogen (secondary N) is 1. The van der Waals surface area contributed by atoms with Gasteiger partial charge in [0.05, 0.1) is 5.54 Å². The highest BCUT2D eigenvalue weighted by atomic mass is 35.5. The fourth-order valence-electron chi connectivity index (χ4n) is 1.60. The van der Waals surface area contributed by atoms with Gasteiger partial charge in [0, 0.05) is 21.3 Å². The van der Waals surface area contributed by atoms with Gasteiger partial charge < -0.3 is 5.32 Å². The lowest BCUT2D eigenvalue weighted by molar-refractivity contribution is 0.710. The fourth-order valence-corrected chi connectivity index (χ4v) is 2.20. The second kappa shape index (κ2) is 3.18. The van der Waals surface area contributed by atoms with Crippen LogP contribution < -0.4 is 5.32 Å². The minimum Gasteiger partial charge on any atom is -0.376 e. The van der Waals surface area contributed by atoms with Gasteiger partial charge in [0.15, 0.2) is 0 Å². The Labute approximate surface area is 93.7 Å². The molecule has 1 heterocycles. The van der Waals surface area contributed by atoms with E-state index in [1.54, 1.807) is 0 Å². The Morgan fingerprint density at radius 1 is 1.21 bits per heavy atom. The van der Waals surface area contributed by atoms with Crippen molar-refractivity contribution in [3.05, 3.63) is 34.9 Å². The van der Waals surface area contributed by atoms with Gasteiger partial charge in [-0.05, 0) is 38.1 Å². The Kier molecular flexibility index (Phi) is 2.24. The molecule has 1 aliphatic heterocycles. The summed E-state index contributed by atoms with van der Waals surface area (Å²) in [6.07, 6.45) is 1.99. The van der Waals surface area contributed by atoms with Crippen LogP contribution in [0.3, 0.4) is 0 Å². The van der Waals surface area contributed by atoms with Crippen molar-refractivity contribution in [1.29, 1.82) is 0 Å². The van der Waals surface area contributed by atoms with Crippen LogP contribution in [-0.2, 0) is 0 Å². The Morgan fingerprint density at radius 2 is 1.93 bits per heavy atom. The van der Waals surface area contributed by atoms with E-state index >= 15 is 0 Å². The zero-order chi connectivity index (χ0) is 10.3. The molecule has 0 aromatic heterocycles. The van der Waals surface area contributed by atoms with E-state index < -0.39 is 0 Å². The van der Waals surface area contributed by atoms with E-state index in [0.29, 0.717) is 5.02 Å². The van der Waals surface area contributed by atoms with Gasteiger partial charge in [0.25, 0.3) is 0 Å². The van der Waals surface area contributed by atoms with Gasteiger partial charge in [-0.3, -0.25) is 0 Å². The van der Waals surface area contributed by atoms with Crippen molar-refractivity contribution in [2.75, 3.05) is 5.32 Å². The van der Waals surface area contributed by atoms with Crippen LogP contribution in [0.2, 0.25) is 5.02 Å². The molecule has 0 unspecified atom stereocenters. The van der Waals surface area contributed by atoms with E-state index in [0.717, 1.165) is 16.3 Å². The zero-order valence-electron chi connectivity index (χ0n) is 8.07. The Balaban J connectivity index is 2.56. The predicted molar refractivity (Wildman–Crippen MR) is 63.0 cm³/mol. The van der Waals surface area contributed by atoms with Gasteiger partial charge in [-0.25, -0.2) is 0 Å². The minimum atomic E-state index is -0.0993. The second-order valence-corrected chi connectivity index (χ2v) is 4.87. The first-order valence-electron chi connectivity index (χ1n) is 4.44. The van der Waals surface area contributed by atoms with Crippen molar-refractivity contribution in [1.82, 2.24) is 0 Å². The molecular weight excluding hydrogens is 217 g/mol. The monoisotopic (exact) mass is 227 g/mol. The number of rotatable bonds is 0. The lowest BCUT2D eigenvalue weighted by Crippen LogP contribution is -2.31. The largest absolute Gasteiger partial charge is 0.376 e. The second-order valence-electron chi connectivity index (χ2n) is 4.03. The molecule has 3 heteroatoms. The molecular formula is C11H11Cl2N. The molecule has 1 aromatic rings. The third kappa shape index (κ3) is 1.75. The van der Waals surface area contributed by atoms with Gasteiger partial charge in [-0.1, -0.05) is 23.2 Å². The summed E-state index contributed by atoms with van der Waals surface area (Å²) in [6, 6.07) is 5.69. The highest BCUT2D eigenvalue weighted by molar-refractivity contribution is 6.49. The first kappa shape index (κ1) is 9.88. The summed E-state index contributed by atoms with van der Waals surface area (Å²) in [6.45, 7) is 4.15. The maximum Gasteiger partial charge on any atom is 0.0517 e. The molecule has 0 aliphatic carbocycles. The van der Waals surface area contributed by atoms with Crippen molar-refractivity contribution < 1.29 is 0 Å². The smallest absolute Gasteiger partial charge is 0.0517 e. The normalized spacial score (nSPS) is 18.1. The van der Waals surface area contributed by atoms with Crippen LogP contribution in [0.1, 0.15) is 19.4 Å². The molecule has 1 N–H and O–H groups in total. The third-order valence-corrected chi connectivity index (χ3v) is 2.73. The number of fused-ring (bicyclic) bond motifs is 1. The fraction of sp³-hybridized carbons (Fsp3) is 0.273. The maximum absolute atomic E-state index is 6.17. The number of benzene rings is 1. The van der Waals surface area contributed by atoms with Crippen LogP contribution in [0.15, 0.2) is 24.3 Å². The highest BCUT2D eigenvalue weighted by Gasteiger charge is 2.23. The molecule has 0 radical (unpaired) electrons. The number of hydrogen-bond donors (Lipinski definition) is 1. The molecule has 14 heavy (non-hydrogen) atoms. The van der Waals surface area contributed by atoms with E-state index in [1.165, 1.54) is 0 Å². The average molecular weight is 228 g/mol. The third-order valence-electron chi connectivity index (χ3n) is 2.18. The Hall–Kier alpha value is -0.660. The van der Waals surface area contributed by atoms with E-state index in [1.807, 2.05) is 24.3 Å². The van der Waals surface area contributed by atoms with Crippen LogP contribution >= 0.6 is 23.2 Å². The molecule has 1 nitrogen and oxygen atoms in total. The number of hydrogen-bond acceptors (Lipinski definition) is 1. The summed E-state index contributed by atoms with van der Waals surface area (Å²) >= 11 is 12.1. The molecule has 1 aliphatic rings. The zero-order valence-corrected chi connectivity index (χ0v) is 9.58. The lowest BCUT2D eigenvalue weighted by atomic mass is 9.97. The summed E-state index contributed by atoms with van der Waals surface area (Å²) in [5.74, 6) is 0. The van der Waals surface area contributed by atoms with Crippen LogP contribution in [0.25, 0.3) is 5.03 Å². The quantitative estimate of drug-likeness (QED) is 0.704. The molecule has 0 saturated carbocycles. The molecule has 0 atom stereocenters.